The van der Waals surface area contributed by atoms with Gasteiger partial charge in [0.1, 0.15) is 5.44 Å². The second-order valence-electron chi connectivity index (χ2n) is 3.29. The summed E-state index contributed by atoms with van der Waals surface area (Å²) in [7, 11) is 0. The molecule has 0 aromatic rings. The van der Waals surface area contributed by atoms with Gasteiger partial charge in [-0.15, -0.1) is 11.8 Å². The number of ether oxygens (including phenoxy) is 1. The Labute approximate surface area is 73.9 Å². The van der Waals surface area contributed by atoms with Crippen LogP contribution < -0.4 is 0 Å². The first-order valence-corrected chi connectivity index (χ1v) is 5.61. The molecule has 0 aromatic heterocycles. The molecule has 0 N–H and O–H groups in total. The van der Waals surface area contributed by atoms with Gasteiger partial charge in [-0.25, -0.2) is 0 Å². The summed E-state index contributed by atoms with van der Waals surface area (Å²) >= 11 is 1.99. The molecule has 0 bridgehead atoms. The third kappa shape index (κ3) is 3.48. The van der Waals surface area contributed by atoms with Crippen molar-refractivity contribution in [2.45, 2.75) is 38.5 Å². The van der Waals surface area contributed by atoms with Crippen LogP contribution in [0, 0.1) is 5.92 Å². The molecular weight excluding hydrogens is 156 g/mol. The van der Waals surface area contributed by atoms with Gasteiger partial charge in [0.15, 0.2) is 0 Å². The Morgan fingerprint density at radius 2 is 2.45 bits per heavy atom. The van der Waals surface area contributed by atoms with Crippen molar-refractivity contribution >= 4 is 11.8 Å². The third-order valence-corrected chi connectivity index (χ3v) is 3.66. The molecule has 2 heteroatoms. The Morgan fingerprint density at radius 1 is 1.64 bits per heavy atom. The SMILES string of the molecule is CCC(C)CSC1CCCO1. The first-order valence-electron chi connectivity index (χ1n) is 4.56. The van der Waals surface area contributed by atoms with E-state index in [1.54, 1.807) is 0 Å². The molecule has 0 aliphatic carbocycles. The van der Waals surface area contributed by atoms with Crippen molar-refractivity contribution in [3.8, 4) is 0 Å². The minimum absolute atomic E-state index is 0.518. The van der Waals surface area contributed by atoms with Crippen LogP contribution in [0.5, 0.6) is 0 Å². The molecule has 1 fully saturated rings. The van der Waals surface area contributed by atoms with Crippen LogP contribution in [0.4, 0.5) is 0 Å². The molecule has 1 nitrogen and oxygen atoms in total. The Morgan fingerprint density at radius 3 is 3.00 bits per heavy atom. The largest absolute Gasteiger partial charge is 0.368 e. The predicted molar refractivity (Wildman–Crippen MR) is 50.9 cm³/mol. The zero-order valence-corrected chi connectivity index (χ0v) is 8.32. The Balaban J connectivity index is 2.01. The lowest BCUT2D eigenvalue weighted by molar-refractivity contribution is 0.173. The maximum atomic E-state index is 5.51. The summed E-state index contributed by atoms with van der Waals surface area (Å²) in [6.07, 6.45) is 3.82. The monoisotopic (exact) mass is 174 g/mol. The van der Waals surface area contributed by atoms with E-state index in [0.717, 1.165) is 12.5 Å². The molecule has 0 saturated carbocycles. The number of thioether (sulfide) groups is 1. The molecule has 0 radical (unpaired) electrons. The minimum atomic E-state index is 0.518. The summed E-state index contributed by atoms with van der Waals surface area (Å²) in [5.74, 6) is 2.12. The fourth-order valence-electron chi connectivity index (χ4n) is 1.07. The van der Waals surface area contributed by atoms with Crippen LogP contribution in [0.15, 0.2) is 0 Å². The van der Waals surface area contributed by atoms with Crippen molar-refractivity contribution < 1.29 is 4.74 Å². The van der Waals surface area contributed by atoms with Crippen molar-refractivity contribution in [3.63, 3.8) is 0 Å². The molecule has 1 aliphatic rings. The van der Waals surface area contributed by atoms with Gasteiger partial charge in [0, 0.05) is 6.61 Å². The van der Waals surface area contributed by atoms with Crippen molar-refractivity contribution in [2.75, 3.05) is 12.4 Å². The average molecular weight is 174 g/mol. The highest BCUT2D eigenvalue weighted by Crippen LogP contribution is 2.25. The highest BCUT2D eigenvalue weighted by Gasteiger charge is 2.15. The van der Waals surface area contributed by atoms with Crippen LogP contribution in [0.25, 0.3) is 0 Å². The highest BCUT2D eigenvalue weighted by molar-refractivity contribution is 7.99. The van der Waals surface area contributed by atoms with E-state index >= 15 is 0 Å². The topological polar surface area (TPSA) is 9.23 Å². The molecule has 2 atom stereocenters. The van der Waals surface area contributed by atoms with Crippen molar-refractivity contribution in [2.24, 2.45) is 5.92 Å². The van der Waals surface area contributed by atoms with Crippen LogP contribution >= 0.6 is 11.8 Å². The second kappa shape index (κ2) is 5.04. The van der Waals surface area contributed by atoms with Gasteiger partial charge in [-0.1, -0.05) is 20.3 Å². The molecule has 1 heterocycles. The van der Waals surface area contributed by atoms with Crippen molar-refractivity contribution in [1.82, 2.24) is 0 Å². The van der Waals surface area contributed by atoms with E-state index in [1.165, 1.54) is 25.0 Å². The summed E-state index contributed by atoms with van der Waals surface area (Å²) in [6, 6.07) is 0. The summed E-state index contributed by atoms with van der Waals surface area (Å²) in [4.78, 5) is 0. The Bertz CT molecular complexity index is 99.7. The normalized spacial score (nSPS) is 27.3. The van der Waals surface area contributed by atoms with E-state index in [0.29, 0.717) is 5.44 Å². The maximum absolute atomic E-state index is 5.51. The van der Waals surface area contributed by atoms with Gasteiger partial charge in [-0.05, 0) is 24.5 Å². The lowest BCUT2D eigenvalue weighted by Crippen LogP contribution is -2.04. The highest BCUT2D eigenvalue weighted by atomic mass is 32.2. The van der Waals surface area contributed by atoms with Gasteiger partial charge >= 0.3 is 0 Å². The smallest absolute Gasteiger partial charge is 0.103 e. The van der Waals surface area contributed by atoms with Crippen LogP contribution in [0.2, 0.25) is 0 Å². The van der Waals surface area contributed by atoms with Crippen molar-refractivity contribution in [3.05, 3.63) is 0 Å². The van der Waals surface area contributed by atoms with E-state index < -0.39 is 0 Å². The summed E-state index contributed by atoms with van der Waals surface area (Å²) in [5.41, 5.74) is 0.518. The molecule has 11 heavy (non-hydrogen) atoms. The van der Waals surface area contributed by atoms with Crippen LogP contribution in [-0.4, -0.2) is 17.8 Å². The number of hydrogen-bond acceptors (Lipinski definition) is 2. The molecule has 66 valence electrons. The molecular formula is C9H18OS. The third-order valence-electron chi connectivity index (χ3n) is 2.15. The Hall–Kier alpha value is 0.310. The lowest BCUT2D eigenvalue weighted by Gasteiger charge is -2.11. The first kappa shape index (κ1) is 9.40. The zero-order chi connectivity index (χ0) is 8.10. The quantitative estimate of drug-likeness (QED) is 0.648. The molecule has 0 amide bonds. The summed E-state index contributed by atoms with van der Waals surface area (Å²) in [5, 5.41) is 0. The van der Waals surface area contributed by atoms with Gasteiger partial charge in [-0.3, -0.25) is 0 Å². The summed E-state index contributed by atoms with van der Waals surface area (Å²) in [6.45, 7) is 5.54. The molecule has 0 aromatic carbocycles. The van der Waals surface area contributed by atoms with E-state index in [-0.39, 0.29) is 0 Å². The molecule has 1 rings (SSSR count). The molecule has 2 unspecified atom stereocenters. The van der Waals surface area contributed by atoms with Gasteiger partial charge in [0.05, 0.1) is 0 Å². The van der Waals surface area contributed by atoms with Gasteiger partial charge < -0.3 is 4.74 Å². The fraction of sp³-hybridized carbons (Fsp3) is 1.00. The fourth-order valence-corrected chi connectivity index (χ4v) is 2.37. The zero-order valence-electron chi connectivity index (χ0n) is 7.51. The van der Waals surface area contributed by atoms with Crippen LogP contribution in [0.1, 0.15) is 33.1 Å². The maximum Gasteiger partial charge on any atom is 0.103 e. The van der Waals surface area contributed by atoms with E-state index in [1.807, 2.05) is 11.8 Å². The minimum Gasteiger partial charge on any atom is -0.368 e. The van der Waals surface area contributed by atoms with Crippen LogP contribution in [0.3, 0.4) is 0 Å². The van der Waals surface area contributed by atoms with Crippen molar-refractivity contribution in [1.29, 1.82) is 0 Å². The molecule has 1 saturated heterocycles. The lowest BCUT2D eigenvalue weighted by atomic mass is 10.2. The Kier molecular flexibility index (Phi) is 4.31. The number of hydrogen-bond donors (Lipinski definition) is 0. The van der Waals surface area contributed by atoms with Gasteiger partial charge in [-0.2, -0.15) is 0 Å². The average Bonchev–Trinajstić information content (AvgIpc) is 2.52. The van der Waals surface area contributed by atoms with Crippen LogP contribution in [-0.2, 0) is 4.74 Å². The predicted octanol–water partition coefficient (Wildman–Crippen LogP) is 2.90. The molecule has 1 aliphatic heterocycles. The van der Waals surface area contributed by atoms with Gasteiger partial charge in [0.2, 0.25) is 0 Å². The van der Waals surface area contributed by atoms with E-state index in [9.17, 15) is 0 Å². The van der Waals surface area contributed by atoms with Gasteiger partial charge in [0.25, 0.3) is 0 Å². The van der Waals surface area contributed by atoms with E-state index in [2.05, 4.69) is 13.8 Å². The first-order chi connectivity index (χ1) is 5.33. The second-order valence-corrected chi connectivity index (χ2v) is 4.48. The van der Waals surface area contributed by atoms with E-state index in [4.69, 9.17) is 4.74 Å². The standard InChI is InChI=1S/C9H18OS/c1-3-8(2)7-11-9-5-4-6-10-9/h8-9H,3-7H2,1-2H3. The number of rotatable bonds is 4. The molecule has 0 spiro atoms. The summed E-state index contributed by atoms with van der Waals surface area (Å²) < 4.78 is 5.51.